The molecular formula is C20H18N4O2S3. The van der Waals surface area contributed by atoms with Crippen molar-refractivity contribution in [3.63, 3.8) is 0 Å². The van der Waals surface area contributed by atoms with Crippen LogP contribution in [0.5, 0.6) is 0 Å². The third-order valence-corrected chi connectivity index (χ3v) is 7.21. The standard InChI is InChI=1S/C20H18N4O2S3/c1-24(2)29(25,26)16-10-8-14(9-11-16)18-13-28-20(23-18)17(12-21)19(27)22-15-6-4-3-5-7-15/h3-11,13,17H,1-2H3,(H,22,27). The minimum atomic E-state index is -3.48. The average molecular weight is 443 g/mol. The van der Waals surface area contributed by atoms with Crippen molar-refractivity contribution in [2.24, 2.45) is 0 Å². The molecule has 1 N–H and O–H groups in total. The maximum Gasteiger partial charge on any atom is 0.242 e. The van der Waals surface area contributed by atoms with E-state index >= 15 is 0 Å². The topological polar surface area (TPSA) is 86.1 Å². The van der Waals surface area contributed by atoms with Crippen LogP contribution in [0.4, 0.5) is 5.69 Å². The first-order valence-corrected chi connectivity index (χ1v) is 11.3. The highest BCUT2D eigenvalue weighted by molar-refractivity contribution is 7.89. The summed E-state index contributed by atoms with van der Waals surface area (Å²) in [5.74, 6) is -0.669. The third-order valence-electron chi connectivity index (χ3n) is 4.13. The lowest BCUT2D eigenvalue weighted by Crippen LogP contribution is -2.22. The van der Waals surface area contributed by atoms with Gasteiger partial charge in [-0.2, -0.15) is 5.26 Å². The molecule has 0 saturated heterocycles. The Balaban J connectivity index is 1.80. The van der Waals surface area contributed by atoms with E-state index in [1.54, 1.807) is 24.3 Å². The summed E-state index contributed by atoms with van der Waals surface area (Å²) in [5, 5.41) is 15.1. The molecule has 0 amide bonds. The number of aromatic nitrogens is 1. The van der Waals surface area contributed by atoms with Crippen LogP contribution in [0.25, 0.3) is 11.3 Å². The number of thiazole rings is 1. The molecule has 1 heterocycles. The Morgan fingerprint density at radius 2 is 1.83 bits per heavy atom. The van der Waals surface area contributed by atoms with Crippen LogP contribution in [0.2, 0.25) is 0 Å². The molecule has 148 valence electrons. The summed E-state index contributed by atoms with van der Waals surface area (Å²) in [7, 11) is -0.501. The summed E-state index contributed by atoms with van der Waals surface area (Å²) in [4.78, 5) is 5.14. The minimum Gasteiger partial charge on any atom is -0.349 e. The Morgan fingerprint density at radius 3 is 2.41 bits per heavy atom. The van der Waals surface area contributed by atoms with Gasteiger partial charge in [0.1, 0.15) is 15.9 Å². The number of benzene rings is 2. The van der Waals surface area contributed by atoms with Gasteiger partial charge >= 0.3 is 0 Å². The number of hydrogen-bond donors (Lipinski definition) is 1. The van der Waals surface area contributed by atoms with Crippen molar-refractivity contribution in [3.8, 4) is 17.3 Å². The quantitative estimate of drug-likeness (QED) is 0.578. The zero-order valence-corrected chi connectivity index (χ0v) is 18.2. The van der Waals surface area contributed by atoms with E-state index in [9.17, 15) is 13.7 Å². The number of nitriles is 1. The summed E-state index contributed by atoms with van der Waals surface area (Å²) in [5.41, 5.74) is 2.25. The predicted molar refractivity (Wildman–Crippen MR) is 119 cm³/mol. The molecule has 1 aromatic heterocycles. The fraction of sp³-hybridized carbons (Fsp3) is 0.150. The van der Waals surface area contributed by atoms with Crippen LogP contribution in [0, 0.1) is 11.3 Å². The molecule has 29 heavy (non-hydrogen) atoms. The molecule has 0 saturated carbocycles. The number of hydrogen-bond acceptors (Lipinski definition) is 6. The first-order valence-electron chi connectivity index (χ1n) is 8.57. The van der Waals surface area contributed by atoms with E-state index in [1.165, 1.54) is 29.7 Å². The van der Waals surface area contributed by atoms with Gasteiger partial charge in [-0.3, -0.25) is 0 Å². The maximum absolute atomic E-state index is 12.2. The second-order valence-electron chi connectivity index (χ2n) is 6.30. The van der Waals surface area contributed by atoms with Crippen molar-refractivity contribution in [1.29, 1.82) is 5.26 Å². The third kappa shape index (κ3) is 4.68. The van der Waals surface area contributed by atoms with Crippen LogP contribution in [0.3, 0.4) is 0 Å². The number of nitrogens with zero attached hydrogens (tertiary/aromatic N) is 3. The van der Waals surface area contributed by atoms with Gasteiger partial charge in [0, 0.05) is 30.7 Å². The average Bonchev–Trinajstić information content (AvgIpc) is 3.19. The number of rotatable bonds is 6. The summed E-state index contributed by atoms with van der Waals surface area (Å²) < 4.78 is 25.6. The minimum absolute atomic E-state index is 0.213. The van der Waals surface area contributed by atoms with E-state index in [2.05, 4.69) is 16.4 Å². The molecule has 0 aliphatic carbocycles. The van der Waals surface area contributed by atoms with Gasteiger partial charge in [0.15, 0.2) is 0 Å². The van der Waals surface area contributed by atoms with Gasteiger partial charge in [-0.25, -0.2) is 17.7 Å². The fourth-order valence-corrected chi connectivity index (χ4v) is 4.66. The molecule has 3 aromatic rings. The molecule has 0 radical (unpaired) electrons. The first-order chi connectivity index (χ1) is 13.8. The lowest BCUT2D eigenvalue weighted by Gasteiger charge is -2.11. The molecule has 3 rings (SSSR count). The Bertz CT molecular complexity index is 1150. The molecular weight excluding hydrogens is 424 g/mol. The van der Waals surface area contributed by atoms with Crippen molar-refractivity contribution in [2.75, 3.05) is 19.4 Å². The summed E-state index contributed by atoms with van der Waals surface area (Å²) in [6, 6.07) is 18.1. The van der Waals surface area contributed by atoms with E-state index in [4.69, 9.17) is 12.2 Å². The highest BCUT2D eigenvalue weighted by Gasteiger charge is 2.21. The molecule has 1 unspecified atom stereocenters. The molecule has 0 spiro atoms. The largest absolute Gasteiger partial charge is 0.349 e. The van der Waals surface area contributed by atoms with Crippen LogP contribution < -0.4 is 5.32 Å². The molecule has 9 heteroatoms. The monoisotopic (exact) mass is 442 g/mol. The van der Waals surface area contributed by atoms with E-state index < -0.39 is 15.9 Å². The molecule has 0 bridgehead atoms. The van der Waals surface area contributed by atoms with Crippen molar-refractivity contribution < 1.29 is 8.42 Å². The number of nitrogens with one attached hydrogen (secondary N) is 1. The molecule has 0 fully saturated rings. The molecule has 6 nitrogen and oxygen atoms in total. The van der Waals surface area contributed by atoms with Crippen molar-refractivity contribution >= 4 is 44.3 Å². The van der Waals surface area contributed by atoms with E-state index in [1.807, 2.05) is 35.7 Å². The van der Waals surface area contributed by atoms with Gasteiger partial charge in [0.2, 0.25) is 10.0 Å². The zero-order valence-electron chi connectivity index (χ0n) is 15.7. The Hall–Kier alpha value is -2.64. The normalized spacial score (nSPS) is 12.3. The van der Waals surface area contributed by atoms with E-state index in [-0.39, 0.29) is 4.90 Å². The van der Waals surface area contributed by atoms with E-state index in [0.29, 0.717) is 15.7 Å². The molecule has 2 aromatic carbocycles. The second-order valence-corrected chi connectivity index (χ2v) is 9.78. The maximum atomic E-state index is 12.2. The number of para-hydroxylation sites is 1. The lowest BCUT2D eigenvalue weighted by atomic mass is 10.1. The van der Waals surface area contributed by atoms with Gasteiger partial charge in [0.25, 0.3) is 0 Å². The molecule has 1 atom stereocenters. The highest BCUT2D eigenvalue weighted by atomic mass is 32.2. The SMILES string of the molecule is CN(C)S(=O)(=O)c1ccc(-c2csc(C(C#N)C(=S)Nc3ccccc3)n2)cc1. The summed E-state index contributed by atoms with van der Waals surface area (Å²) >= 11 is 6.75. The zero-order chi connectivity index (χ0) is 21.0. The lowest BCUT2D eigenvalue weighted by molar-refractivity contribution is 0.521. The first kappa shape index (κ1) is 21.1. The Kier molecular flexibility index (Phi) is 6.39. The Morgan fingerprint density at radius 1 is 1.17 bits per heavy atom. The number of thiocarbonyl (C=S) groups is 1. The van der Waals surface area contributed by atoms with Crippen LogP contribution >= 0.6 is 23.6 Å². The number of sulfonamides is 1. The van der Waals surface area contributed by atoms with Gasteiger partial charge in [-0.15, -0.1) is 11.3 Å². The van der Waals surface area contributed by atoms with Gasteiger partial charge in [-0.1, -0.05) is 42.5 Å². The highest BCUT2D eigenvalue weighted by Crippen LogP contribution is 2.28. The van der Waals surface area contributed by atoms with Crippen LogP contribution in [0.15, 0.2) is 64.9 Å². The second kappa shape index (κ2) is 8.80. The molecule has 0 aliphatic heterocycles. The smallest absolute Gasteiger partial charge is 0.242 e. The van der Waals surface area contributed by atoms with Crippen LogP contribution in [-0.2, 0) is 10.0 Å². The fourth-order valence-electron chi connectivity index (χ4n) is 2.52. The van der Waals surface area contributed by atoms with Crippen molar-refractivity contribution in [2.45, 2.75) is 10.8 Å². The summed E-state index contributed by atoms with van der Waals surface area (Å²) in [6.07, 6.45) is 0. The van der Waals surface area contributed by atoms with Gasteiger partial charge in [-0.05, 0) is 24.3 Å². The van der Waals surface area contributed by atoms with Crippen molar-refractivity contribution in [1.82, 2.24) is 9.29 Å². The molecule has 0 aliphatic rings. The van der Waals surface area contributed by atoms with E-state index in [0.717, 1.165) is 11.3 Å². The Labute approximate surface area is 179 Å². The van der Waals surface area contributed by atoms with Gasteiger partial charge in [0.05, 0.1) is 16.7 Å². The van der Waals surface area contributed by atoms with Crippen LogP contribution in [-0.4, -0.2) is 36.8 Å². The number of anilines is 1. The predicted octanol–water partition coefficient (Wildman–Crippen LogP) is 4.11. The van der Waals surface area contributed by atoms with Crippen molar-refractivity contribution in [3.05, 3.63) is 65.0 Å². The van der Waals surface area contributed by atoms with Gasteiger partial charge < -0.3 is 5.32 Å². The summed E-state index contributed by atoms with van der Waals surface area (Å²) in [6.45, 7) is 0. The van der Waals surface area contributed by atoms with Crippen LogP contribution in [0.1, 0.15) is 10.9 Å².